The third kappa shape index (κ3) is 4.25. The van der Waals surface area contributed by atoms with Gasteiger partial charge in [-0.3, -0.25) is 4.79 Å². The van der Waals surface area contributed by atoms with E-state index < -0.39 is 6.10 Å². The van der Waals surface area contributed by atoms with Crippen molar-refractivity contribution in [1.82, 2.24) is 4.90 Å². The summed E-state index contributed by atoms with van der Waals surface area (Å²) in [6, 6.07) is 6.34. The molecule has 116 valence electrons. The number of nitrogens with zero attached hydrogens (tertiary/aromatic N) is 1. The Hall–Kier alpha value is -1.46. The van der Waals surface area contributed by atoms with Crippen molar-refractivity contribution in [2.24, 2.45) is 5.92 Å². The van der Waals surface area contributed by atoms with Gasteiger partial charge in [0.25, 0.3) is 0 Å². The summed E-state index contributed by atoms with van der Waals surface area (Å²) < 4.78 is 13.7. The molecule has 0 aliphatic heterocycles. The van der Waals surface area contributed by atoms with E-state index >= 15 is 0 Å². The van der Waals surface area contributed by atoms with E-state index in [-0.39, 0.29) is 37.3 Å². The Bertz CT molecular complexity index is 480. The zero-order valence-corrected chi connectivity index (χ0v) is 12.0. The molecule has 2 rings (SSSR count). The molecule has 0 spiro atoms. The van der Waals surface area contributed by atoms with Crippen LogP contribution in [0.5, 0.6) is 0 Å². The smallest absolute Gasteiger partial charge is 0.226 e. The molecule has 0 unspecified atom stereocenters. The summed E-state index contributed by atoms with van der Waals surface area (Å²) in [4.78, 5) is 14.0. The highest BCUT2D eigenvalue weighted by atomic mass is 19.1. The number of hydrogen-bond donors (Lipinski definition) is 2. The van der Waals surface area contributed by atoms with Crippen molar-refractivity contribution >= 4 is 5.91 Å². The molecule has 0 radical (unpaired) electrons. The fourth-order valence-electron chi connectivity index (χ4n) is 2.87. The summed E-state index contributed by atoms with van der Waals surface area (Å²) >= 11 is 0. The number of carbonyl (C=O) groups excluding carboxylic acids is 1. The van der Waals surface area contributed by atoms with Gasteiger partial charge < -0.3 is 15.1 Å². The molecular formula is C16H22FNO3. The molecular weight excluding hydrogens is 273 g/mol. The van der Waals surface area contributed by atoms with E-state index in [0.717, 1.165) is 19.3 Å². The average molecular weight is 295 g/mol. The maximum atomic E-state index is 13.7. The molecule has 0 aromatic heterocycles. The molecule has 21 heavy (non-hydrogen) atoms. The first kappa shape index (κ1) is 15.9. The molecule has 0 heterocycles. The molecule has 1 aliphatic carbocycles. The minimum atomic E-state index is -0.433. The van der Waals surface area contributed by atoms with Gasteiger partial charge in [0.2, 0.25) is 5.91 Å². The maximum absolute atomic E-state index is 13.7. The van der Waals surface area contributed by atoms with Crippen LogP contribution in [0.4, 0.5) is 4.39 Å². The topological polar surface area (TPSA) is 60.8 Å². The third-order valence-electron chi connectivity index (χ3n) is 4.00. The Morgan fingerprint density at radius 2 is 2.10 bits per heavy atom. The summed E-state index contributed by atoms with van der Waals surface area (Å²) in [5.41, 5.74) is 0.440. The Labute approximate surface area is 124 Å². The van der Waals surface area contributed by atoms with E-state index in [9.17, 15) is 14.3 Å². The third-order valence-corrected chi connectivity index (χ3v) is 4.00. The van der Waals surface area contributed by atoms with Crippen molar-refractivity contribution in [1.29, 1.82) is 0 Å². The molecule has 2 atom stereocenters. The van der Waals surface area contributed by atoms with Gasteiger partial charge in [-0.1, -0.05) is 24.6 Å². The molecule has 1 aliphatic rings. The van der Waals surface area contributed by atoms with Crippen LogP contribution in [-0.4, -0.2) is 40.3 Å². The number of benzene rings is 1. The van der Waals surface area contributed by atoms with Crippen LogP contribution in [0.3, 0.4) is 0 Å². The van der Waals surface area contributed by atoms with Crippen LogP contribution in [0.1, 0.15) is 31.2 Å². The first-order valence-electron chi connectivity index (χ1n) is 7.43. The second kappa shape index (κ2) is 7.52. The largest absolute Gasteiger partial charge is 0.395 e. The van der Waals surface area contributed by atoms with Crippen molar-refractivity contribution in [3.8, 4) is 0 Å². The second-order valence-electron chi connectivity index (χ2n) is 5.59. The fourth-order valence-corrected chi connectivity index (χ4v) is 2.87. The summed E-state index contributed by atoms with van der Waals surface area (Å²) in [5, 5.41) is 18.8. The standard InChI is InChI=1S/C16H22FNO3/c17-15-7-2-1-4-13(15)11-18(8-9-19)16(21)12-5-3-6-14(20)10-12/h1-2,4,7,12,14,19-20H,3,5-6,8-11H2/t12-,14+/m0/s1. The van der Waals surface area contributed by atoms with Crippen molar-refractivity contribution in [3.05, 3.63) is 35.6 Å². The van der Waals surface area contributed by atoms with E-state index in [1.165, 1.54) is 11.0 Å². The van der Waals surface area contributed by atoms with Crippen molar-refractivity contribution in [2.45, 2.75) is 38.3 Å². The Morgan fingerprint density at radius 3 is 2.76 bits per heavy atom. The molecule has 1 aromatic rings. The van der Waals surface area contributed by atoms with Crippen molar-refractivity contribution < 1.29 is 19.4 Å². The molecule has 0 bridgehead atoms. The van der Waals surface area contributed by atoms with Gasteiger partial charge in [0.05, 0.1) is 12.7 Å². The molecule has 4 nitrogen and oxygen atoms in total. The molecule has 0 saturated heterocycles. The van der Waals surface area contributed by atoms with Gasteiger partial charge in [0, 0.05) is 24.6 Å². The molecule has 2 N–H and O–H groups in total. The van der Waals surface area contributed by atoms with Crippen LogP contribution in [0.15, 0.2) is 24.3 Å². The Balaban J connectivity index is 2.07. The first-order valence-corrected chi connectivity index (χ1v) is 7.43. The predicted octanol–water partition coefficient (Wildman–Crippen LogP) is 1.70. The van der Waals surface area contributed by atoms with Gasteiger partial charge in [-0.15, -0.1) is 0 Å². The van der Waals surface area contributed by atoms with Crippen LogP contribution in [0.2, 0.25) is 0 Å². The lowest BCUT2D eigenvalue weighted by molar-refractivity contribution is -0.139. The molecule has 1 fully saturated rings. The van der Waals surface area contributed by atoms with E-state index in [1.807, 2.05) is 0 Å². The highest BCUT2D eigenvalue weighted by Crippen LogP contribution is 2.26. The Morgan fingerprint density at radius 1 is 1.33 bits per heavy atom. The van der Waals surface area contributed by atoms with Crippen LogP contribution < -0.4 is 0 Å². The van der Waals surface area contributed by atoms with Crippen LogP contribution >= 0.6 is 0 Å². The quantitative estimate of drug-likeness (QED) is 0.869. The van der Waals surface area contributed by atoms with Gasteiger partial charge in [-0.25, -0.2) is 4.39 Å². The highest BCUT2D eigenvalue weighted by Gasteiger charge is 2.29. The van der Waals surface area contributed by atoms with E-state index in [1.54, 1.807) is 18.2 Å². The van der Waals surface area contributed by atoms with Crippen molar-refractivity contribution in [2.75, 3.05) is 13.2 Å². The van der Waals surface area contributed by atoms with Gasteiger partial charge in [0.1, 0.15) is 5.82 Å². The summed E-state index contributed by atoms with van der Waals surface area (Å²) in [7, 11) is 0. The van der Waals surface area contributed by atoms with E-state index in [2.05, 4.69) is 0 Å². The number of amides is 1. The minimum absolute atomic E-state index is 0.106. The number of rotatable bonds is 5. The summed E-state index contributed by atoms with van der Waals surface area (Å²) in [6.07, 6.45) is 2.33. The molecule has 1 aromatic carbocycles. The summed E-state index contributed by atoms with van der Waals surface area (Å²) in [5.74, 6) is -0.685. The predicted molar refractivity (Wildman–Crippen MR) is 76.9 cm³/mol. The lowest BCUT2D eigenvalue weighted by Gasteiger charge is -2.31. The zero-order valence-electron chi connectivity index (χ0n) is 12.0. The van der Waals surface area contributed by atoms with Crippen LogP contribution in [0, 0.1) is 11.7 Å². The van der Waals surface area contributed by atoms with Crippen molar-refractivity contribution in [3.63, 3.8) is 0 Å². The Kier molecular flexibility index (Phi) is 5.70. The maximum Gasteiger partial charge on any atom is 0.226 e. The SMILES string of the molecule is O=C([C@H]1CCC[C@@H](O)C1)N(CCO)Cc1ccccc1F. The fraction of sp³-hybridized carbons (Fsp3) is 0.562. The number of aliphatic hydroxyl groups excluding tert-OH is 2. The lowest BCUT2D eigenvalue weighted by atomic mass is 9.86. The first-order chi connectivity index (χ1) is 10.1. The van der Waals surface area contributed by atoms with E-state index in [4.69, 9.17) is 5.11 Å². The van der Waals surface area contributed by atoms with E-state index in [0.29, 0.717) is 12.0 Å². The average Bonchev–Trinajstić information content (AvgIpc) is 2.48. The normalized spacial score (nSPS) is 22.0. The number of hydrogen-bond acceptors (Lipinski definition) is 3. The number of carbonyl (C=O) groups is 1. The monoisotopic (exact) mass is 295 g/mol. The molecule has 1 saturated carbocycles. The van der Waals surface area contributed by atoms with Gasteiger partial charge in [0.15, 0.2) is 0 Å². The van der Waals surface area contributed by atoms with Gasteiger partial charge in [-0.2, -0.15) is 0 Å². The second-order valence-corrected chi connectivity index (χ2v) is 5.59. The summed E-state index contributed by atoms with van der Waals surface area (Å²) in [6.45, 7) is 0.174. The number of aliphatic hydroxyl groups is 2. The van der Waals surface area contributed by atoms with Crippen LogP contribution in [-0.2, 0) is 11.3 Å². The minimum Gasteiger partial charge on any atom is -0.395 e. The molecule has 1 amide bonds. The number of halogens is 1. The van der Waals surface area contributed by atoms with Gasteiger partial charge >= 0.3 is 0 Å². The lowest BCUT2D eigenvalue weighted by Crippen LogP contribution is -2.40. The molecule has 5 heteroatoms. The highest BCUT2D eigenvalue weighted by molar-refractivity contribution is 5.79. The van der Waals surface area contributed by atoms with Gasteiger partial charge in [-0.05, 0) is 25.3 Å². The zero-order chi connectivity index (χ0) is 15.2. The van der Waals surface area contributed by atoms with Crippen LogP contribution in [0.25, 0.3) is 0 Å².